The van der Waals surface area contributed by atoms with Gasteiger partial charge in [-0.15, -0.1) is 0 Å². The molecule has 0 aliphatic rings. The van der Waals surface area contributed by atoms with Crippen molar-refractivity contribution in [2.75, 3.05) is 7.11 Å². The molecule has 0 radical (unpaired) electrons. The highest BCUT2D eigenvalue weighted by Gasteiger charge is 2.32. The van der Waals surface area contributed by atoms with Gasteiger partial charge in [-0.25, -0.2) is 4.79 Å². The summed E-state index contributed by atoms with van der Waals surface area (Å²) in [5, 5.41) is 13.4. The number of methoxy groups -OCH3 is 1. The van der Waals surface area contributed by atoms with Crippen molar-refractivity contribution in [3.63, 3.8) is 0 Å². The third kappa shape index (κ3) is 3.45. The van der Waals surface area contributed by atoms with Crippen LogP contribution in [-0.2, 0) is 9.53 Å². The Hall–Kier alpha value is -2.15. The van der Waals surface area contributed by atoms with Crippen LogP contribution in [0.25, 0.3) is 0 Å². The molecule has 0 heterocycles. The van der Waals surface area contributed by atoms with Crippen molar-refractivity contribution in [3.8, 4) is 0 Å². The standard InChI is InChI=1S/C12H13ClN2O5/c1-12(2,11(17)20-3)14-10(16)8-6-7(13)4-5-9(8)15(18)19/h4-6H,1-3H3,(H,14,16). The highest BCUT2D eigenvalue weighted by molar-refractivity contribution is 6.31. The van der Waals surface area contributed by atoms with Gasteiger partial charge in [0, 0.05) is 11.1 Å². The minimum absolute atomic E-state index is 0.177. The van der Waals surface area contributed by atoms with Gasteiger partial charge in [0.1, 0.15) is 11.1 Å². The lowest BCUT2D eigenvalue weighted by Crippen LogP contribution is -2.50. The van der Waals surface area contributed by atoms with E-state index in [1.165, 1.54) is 33.1 Å². The highest BCUT2D eigenvalue weighted by Crippen LogP contribution is 2.23. The molecule has 1 amide bonds. The summed E-state index contributed by atoms with van der Waals surface area (Å²) in [6.07, 6.45) is 0. The minimum Gasteiger partial charge on any atom is -0.467 e. The normalized spacial score (nSPS) is 10.8. The average molecular weight is 301 g/mol. The molecule has 0 aliphatic heterocycles. The van der Waals surface area contributed by atoms with Gasteiger partial charge in [0.15, 0.2) is 0 Å². The monoisotopic (exact) mass is 300 g/mol. The average Bonchev–Trinajstić information content (AvgIpc) is 2.36. The third-order valence-corrected chi connectivity index (χ3v) is 2.76. The largest absolute Gasteiger partial charge is 0.467 e. The molecule has 0 aliphatic carbocycles. The highest BCUT2D eigenvalue weighted by atomic mass is 35.5. The van der Waals surface area contributed by atoms with Gasteiger partial charge >= 0.3 is 5.97 Å². The van der Waals surface area contributed by atoms with Gasteiger partial charge in [-0.2, -0.15) is 0 Å². The Morgan fingerprint density at radius 2 is 2.00 bits per heavy atom. The molecule has 0 aromatic heterocycles. The molecule has 0 saturated heterocycles. The number of nitro groups is 1. The Morgan fingerprint density at radius 1 is 1.40 bits per heavy atom. The SMILES string of the molecule is COC(=O)C(C)(C)NC(=O)c1cc(Cl)ccc1[N+](=O)[O-]. The number of nitrogens with one attached hydrogen (secondary N) is 1. The molecule has 0 fully saturated rings. The van der Waals surface area contributed by atoms with Gasteiger partial charge in [-0.3, -0.25) is 14.9 Å². The zero-order chi connectivity index (χ0) is 15.5. The lowest BCUT2D eigenvalue weighted by Gasteiger charge is -2.23. The molecule has 0 atom stereocenters. The van der Waals surface area contributed by atoms with Crippen LogP contribution in [0.3, 0.4) is 0 Å². The summed E-state index contributed by atoms with van der Waals surface area (Å²) >= 11 is 5.73. The van der Waals surface area contributed by atoms with Crippen LogP contribution in [0.2, 0.25) is 5.02 Å². The molecule has 0 unspecified atom stereocenters. The molecule has 108 valence electrons. The van der Waals surface area contributed by atoms with Crippen molar-refractivity contribution < 1.29 is 19.2 Å². The topological polar surface area (TPSA) is 98.5 Å². The number of benzene rings is 1. The first-order chi connectivity index (χ1) is 9.19. The van der Waals surface area contributed by atoms with E-state index in [4.69, 9.17) is 11.6 Å². The molecule has 20 heavy (non-hydrogen) atoms. The third-order valence-electron chi connectivity index (χ3n) is 2.52. The number of esters is 1. The second kappa shape index (κ2) is 5.87. The van der Waals surface area contributed by atoms with Gasteiger partial charge in [-0.05, 0) is 26.0 Å². The summed E-state index contributed by atoms with van der Waals surface area (Å²) in [5.41, 5.74) is -1.94. The second-order valence-electron chi connectivity index (χ2n) is 4.49. The lowest BCUT2D eigenvalue weighted by atomic mass is 10.0. The van der Waals surface area contributed by atoms with Gasteiger partial charge in [0.25, 0.3) is 11.6 Å². The number of carbonyl (C=O) groups excluding carboxylic acids is 2. The summed E-state index contributed by atoms with van der Waals surface area (Å²) in [5.74, 6) is -1.45. The maximum Gasteiger partial charge on any atom is 0.330 e. The van der Waals surface area contributed by atoms with Crippen LogP contribution >= 0.6 is 11.6 Å². The summed E-state index contributed by atoms with van der Waals surface area (Å²) < 4.78 is 4.54. The number of hydrogen-bond acceptors (Lipinski definition) is 5. The van der Waals surface area contributed by atoms with Crippen LogP contribution in [0.4, 0.5) is 5.69 Å². The van der Waals surface area contributed by atoms with Crippen molar-refractivity contribution in [2.24, 2.45) is 0 Å². The number of amides is 1. The Labute approximate surface area is 120 Å². The predicted octanol–water partition coefficient (Wildman–Crippen LogP) is 1.93. The van der Waals surface area contributed by atoms with E-state index in [2.05, 4.69) is 10.1 Å². The van der Waals surface area contributed by atoms with Crippen LogP contribution < -0.4 is 5.32 Å². The maximum absolute atomic E-state index is 12.1. The molecule has 1 aromatic rings. The zero-order valence-electron chi connectivity index (χ0n) is 11.1. The number of nitro benzene ring substituents is 1. The van der Waals surface area contributed by atoms with E-state index >= 15 is 0 Å². The fraction of sp³-hybridized carbons (Fsp3) is 0.333. The van der Waals surface area contributed by atoms with Gasteiger partial charge < -0.3 is 10.1 Å². The Bertz CT molecular complexity index is 571. The van der Waals surface area contributed by atoms with Gasteiger partial charge in [-0.1, -0.05) is 11.6 Å². The summed E-state index contributed by atoms with van der Waals surface area (Å²) in [6.45, 7) is 2.85. The van der Waals surface area contributed by atoms with Crippen LogP contribution in [0.15, 0.2) is 18.2 Å². The van der Waals surface area contributed by atoms with E-state index in [0.29, 0.717) is 0 Å². The molecular weight excluding hydrogens is 288 g/mol. The summed E-state index contributed by atoms with van der Waals surface area (Å²) in [6, 6.07) is 3.60. The van der Waals surface area contributed by atoms with Crippen molar-refractivity contribution in [3.05, 3.63) is 38.9 Å². The first-order valence-electron chi connectivity index (χ1n) is 5.54. The Kier molecular flexibility index (Phi) is 4.67. The number of nitrogens with zero attached hydrogens (tertiary/aromatic N) is 1. The van der Waals surface area contributed by atoms with Crippen LogP contribution in [0, 0.1) is 10.1 Å². The number of hydrogen-bond donors (Lipinski definition) is 1. The summed E-state index contributed by atoms with van der Waals surface area (Å²) in [4.78, 5) is 33.8. The minimum atomic E-state index is -1.32. The molecule has 0 spiro atoms. The number of ether oxygens (including phenoxy) is 1. The smallest absolute Gasteiger partial charge is 0.330 e. The number of carbonyl (C=O) groups is 2. The van der Waals surface area contributed by atoms with E-state index in [0.717, 1.165) is 6.07 Å². The van der Waals surface area contributed by atoms with Crippen molar-refractivity contribution in [1.82, 2.24) is 5.32 Å². The molecule has 0 bridgehead atoms. The van der Waals surface area contributed by atoms with Crippen LogP contribution in [-0.4, -0.2) is 29.4 Å². The van der Waals surface area contributed by atoms with Crippen molar-refractivity contribution >= 4 is 29.2 Å². The lowest BCUT2D eigenvalue weighted by molar-refractivity contribution is -0.385. The molecule has 7 nitrogen and oxygen atoms in total. The fourth-order valence-corrected chi connectivity index (χ4v) is 1.68. The van der Waals surface area contributed by atoms with E-state index in [9.17, 15) is 19.7 Å². The molecule has 1 aromatic carbocycles. The Morgan fingerprint density at radius 3 is 2.50 bits per heavy atom. The quantitative estimate of drug-likeness (QED) is 0.520. The first-order valence-corrected chi connectivity index (χ1v) is 5.91. The van der Waals surface area contributed by atoms with Gasteiger partial charge in [0.05, 0.1) is 12.0 Å². The van der Waals surface area contributed by atoms with Crippen LogP contribution in [0.1, 0.15) is 24.2 Å². The second-order valence-corrected chi connectivity index (χ2v) is 4.93. The van der Waals surface area contributed by atoms with E-state index in [-0.39, 0.29) is 10.6 Å². The molecule has 8 heteroatoms. The fourth-order valence-electron chi connectivity index (χ4n) is 1.51. The molecule has 0 saturated carbocycles. The number of halogens is 1. The van der Waals surface area contributed by atoms with Crippen molar-refractivity contribution in [1.29, 1.82) is 0 Å². The molecule has 1 rings (SSSR count). The number of rotatable bonds is 4. The van der Waals surface area contributed by atoms with Gasteiger partial charge in [0.2, 0.25) is 0 Å². The predicted molar refractivity (Wildman–Crippen MR) is 71.7 cm³/mol. The van der Waals surface area contributed by atoms with Crippen molar-refractivity contribution in [2.45, 2.75) is 19.4 Å². The first kappa shape index (κ1) is 15.9. The Balaban J connectivity index is 3.13. The zero-order valence-corrected chi connectivity index (χ0v) is 11.9. The maximum atomic E-state index is 12.1. The van der Waals surface area contributed by atoms with E-state index in [1.54, 1.807) is 0 Å². The van der Waals surface area contributed by atoms with E-state index in [1.807, 2.05) is 0 Å². The summed E-state index contributed by atoms with van der Waals surface area (Å²) in [7, 11) is 1.18. The van der Waals surface area contributed by atoms with Crippen LogP contribution in [0.5, 0.6) is 0 Å². The molecular formula is C12H13ClN2O5. The van der Waals surface area contributed by atoms with E-state index < -0.39 is 28.0 Å². The molecule has 1 N–H and O–H groups in total.